The standard InChI is InChI=1S/C37H42ClN3O5S/c1-24-6-3-16-37(43,29-8-5-17-39-20-29)32-12-9-28(32)21-41-22-36(15-4-7-26-18-30(38)11-13-31(26)36)23-46-34-14-10-27(19-33(34)41)35(42)40-47(44,45)25(24)2/h3,5,8,10-11,13-14,16-20,24-25,28,32,43H,4,6-7,9,12,15,21-23H2,1-2H3,(H,40,42)/b16-3+/t24-,25+,28-,32+,36-,37-/m0/s1. The maximum atomic E-state index is 13.5. The predicted octanol–water partition coefficient (Wildman–Crippen LogP) is 6.17. The number of carbonyl (C=O) groups excluding carboxylic acids is 1. The summed E-state index contributed by atoms with van der Waals surface area (Å²) in [5, 5.41) is 12.4. The van der Waals surface area contributed by atoms with Gasteiger partial charge in [0.2, 0.25) is 10.0 Å². The van der Waals surface area contributed by atoms with Crippen LogP contribution in [0.25, 0.3) is 0 Å². The summed E-state index contributed by atoms with van der Waals surface area (Å²) in [5.41, 5.74) is 2.63. The molecule has 2 aliphatic carbocycles. The zero-order valence-corrected chi connectivity index (χ0v) is 28.4. The summed E-state index contributed by atoms with van der Waals surface area (Å²) in [6.07, 6.45) is 12.3. The number of fused-ring (bicyclic) bond motifs is 4. The molecule has 1 saturated carbocycles. The monoisotopic (exact) mass is 675 g/mol. The molecule has 6 atom stereocenters. The Morgan fingerprint density at radius 3 is 2.74 bits per heavy atom. The van der Waals surface area contributed by atoms with Crippen LogP contribution in [0.4, 0.5) is 5.69 Å². The maximum Gasteiger partial charge on any atom is 0.264 e. The number of aliphatic hydroxyl groups is 1. The maximum absolute atomic E-state index is 13.5. The fourth-order valence-electron chi connectivity index (χ4n) is 8.18. The van der Waals surface area contributed by atoms with Gasteiger partial charge < -0.3 is 14.7 Å². The van der Waals surface area contributed by atoms with E-state index in [1.807, 2.05) is 37.3 Å². The number of allylic oxidation sites excluding steroid dienone is 1. The molecule has 0 unspecified atom stereocenters. The third kappa shape index (κ3) is 5.85. The Hall–Kier alpha value is -3.40. The number of hydrogen-bond donors (Lipinski definition) is 2. The van der Waals surface area contributed by atoms with Crippen molar-refractivity contribution in [1.82, 2.24) is 9.71 Å². The second-order valence-electron chi connectivity index (χ2n) is 14.1. The zero-order chi connectivity index (χ0) is 33.0. The molecule has 2 N–H and O–H groups in total. The largest absolute Gasteiger partial charge is 0.490 e. The summed E-state index contributed by atoms with van der Waals surface area (Å²) in [5.74, 6) is -0.245. The van der Waals surface area contributed by atoms with Gasteiger partial charge in [-0.1, -0.05) is 42.8 Å². The first kappa shape index (κ1) is 32.2. The average molecular weight is 676 g/mol. The van der Waals surface area contributed by atoms with Crippen LogP contribution in [0.5, 0.6) is 5.75 Å². The number of sulfonamides is 1. The van der Waals surface area contributed by atoms with E-state index in [0.29, 0.717) is 31.9 Å². The molecular formula is C37H42ClN3O5S. The summed E-state index contributed by atoms with van der Waals surface area (Å²) in [6.45, 7) is 5.22. The number of aromatic nitrogens is 1. The lowest BCUT2D eigenvalue weighted by molar-refractivity contribution is -0.0502. The smallest absolute Gasteiger partial charge is 0.264 e. The third-order valence-electron chi connectivity index (χ3n) is 11.3. The van der Waals surface area contributed by atoms with Gasteiger partial charge >= 0.3 is 0 Å². The summed E-state index contributed by atoms with van der Waals surface area (Å²) in [4.78, 5) is 20.1. The Labute approximate surface area is 282 Å². The minimum Gasteiger partial charge on any atom is -0.490 e. The highest BCUT2D eigenvalue weighted by atomic mass is 35.5. The Morgan fingerprint density at radius 1 is 1.13 bits per heavy atom. The van der Waals surface area contributed by atoms with Crippen LogP contribution < -0.4 is 14.4 Å². The number of anilines is 1. The van der Waals surface area contributed by atoms with Gasteiger partial charge in [-0.2, -0.15) is 0 Å². The molecule has 4 aliphatic rings. The van der Waals surface area contributed by atoms with Crippen molar-refractivity contribution >= 4 is 33.2 Å². The zero-order valence-electron chi connectivity index (χ0n) is 26.9. The number of carbonyl (C=O) groups is 1. The number of nitrogens with one attached hydrogen (secondary N) is 1. The van der Waals surface area contributed by atoms with E-state index in [9.17, 15) is 18.3 Å². The Kier molecular flexibility index (Phi) is 8.38. The van der Waals surface area contributed by atoms with E-state index >= 15 is 0 Å². The lowest BCUT2D eigenvalue weighted by Crippen LogP contribution is -2.51. The number of amides is 1. The summed E-state index contributed by atoms with van der Waals surface area (Å²) in [7, 11) is -3.99. The molecule has 3 heterocycles. The summed E-state index contributed by atoms with van der Waals surface area (Å²) >= 11 is 6.44. The number of halogens is 1. The molecule has 8 nitrogen and oxygen atoms in total. The molecule has 7 rings (SSSR count). The Morgan fingerprint density at radius 2 is 1.98 bits per heavy atom. The van der Waals surface area contributed by atoms with Crippen LogP contribution in [0.15, 0.2) is 73.1 Å². The first-order chi connectivity index (χ1) is 22.5. The molecule has 1 aromatic heterocycles. The van der Waals surface area contributed by atoms with Crippen LogP contribution in [0, 0.1) is 17.8 Å². The summed E-state index contributed by atoms with van der Waals surface area (Å²) < 4.78 is 35.7. The molecule has 10 heteroatoms. The molecule has 1 amide bonds. The SMILES string of the molecule is C[C@@H]1[C@@H](C)C/C=C/[C@](O)(c2cccnc2)[C@@H]2CC[C@H]2CN2C[C@@]3(CCCc4cc(Cl)ccc43)COc3ccc(cc32)C(=O)NS1(=O)=O. The van der Waals surface area contributed by atoms with E-state index in [0.717, 1.165) is 48.4 Å². The molecule has 2 aliphatic heterocycles. The topological polar surface area (TPSA) is 109 Å². The van der Waals surface area contributed by atoms with Crippen molar-refractivity contribution in [3.63, 3.8) is 0 Å². The molecule has 0 radical (unpaired) electrons. The number of aryl methyl sites for hydroxylation is 1. The second-order valence-corrected chi connectivity index (χ2v) is 16.6. The first-order valence-corrected chi connectivity index (χ1v) is 18.6. The van der Waals surface area contributed by atoms with E-state index in [4.69, 9.17) is 16.3 Å². The quantitative estimate of drug-likeness (QED) is 0.297. The van der Waals surface area contributed by atoms with Gasteiger partial charge in [0.25, 0.3) is 5.91 Å². The van der Waals surface area contributed by atoms with Crippen LogP contribution in [-0.4, -0.2) is 49.4 Å². The number of pyridine rings is 1. The Balaban J connectivity index is 1.35. The average Bonchev–Trinajstić information content (AvgIpc) is 3.19. The number of nitrogens with zero attached hydrogens (tertiary/aromatic N) is 2. The fraction of sp³-hybridized carbons (Fsp3) is 0.459. The van der Waals surface area contributed by atoms with Crippen molar-refractivity contribution in [2.24, 2.45) is 17.8 Å². The number of benzene rings is 2. The highest BCUT2D eigenvalue weighted by Gasteiger charge is 2.49. The predicted molar refractivity (Wildman–Crippen MR) is 183 cm³/mol. The molecule has 47 heavy (non-hydrogen) atoms. The van der Waals surface area contributed by atoms with Gasteiger partial charge in [-0.15, -0.1) is 0 Å². The normalized spacial score (nSPS) is 32.5. The minimum atomic E-state index is -3.99. The molecule has 1 spiro atoms. The summed E-state index contributed by atoms with van der Waals surface area (Å²) in [6, 6.07) is 15.1. The van der Waals surface area contributed by atoms with Gasteiger partial charge in [0.1, 0.15) is 11.4 Å². The van der Waals surface area contributed by atoms with Crippen LogP contribution in [0.1, 0.15) is 73.0 Å². The minimum absolute atomic E-state index is 0.0835. The number of ether oxygens (including phenoxy) is 1. The number of hydrogen-bond acceptors (Lipinski definition) is 7. The Bertz CT molecular complexity index is 1820. The molecule has 2 bridgehead atoms. The molecule has 248 valence electrons. The van der Waals surface area contributed by atoms with Crippen LogP contribution >= 0.6 is 11.6 Å². The lowest BCUT2D eigenvalue weighted by atomic mass is 9.62. The third-order valence-corrected chi connectivity index (χ3v) is 13.4. The van der Waals surface area contributed by atoms with Crippen LogP contribution in [-0.2, 0) is 27.5 Å². The van der Waals surface area contributed by atoms with Crippen molar-refractivity contribution in [3.05, 3.63) is 100 Å². The lowest BCUT2D eigenvalue weighted by Gasteiger charge is -2.49. The van der Waals surface area contributed by atoms with Crippen LogP contribution in [0.2, 0.25) is 5.02 Å². The van der Waals surface area contributed by atoms with Gasteiger partial charge in [-0.3, -0.25) is 9.78 Å². The molecule has 1 fully saturated rings. The molecule has 2 aromatic carbocycles. The van der Waals surface area contributed by atoms with Crippen molar-refractivity contribution < 1.29 is 23.1 Å². The van der Waals surface area contributed by atoms with Crippen molar-refractivity contribution in [2.45, 2.75) is 68.6 Å². The van der Waals surface area contributed by atoms with Crippen molar-refractivity contribution in [2.75, 3.05) is 24.6 Å². The van der Waals surface area contributed by atoms with E-state index in [1.54, 1.807) is 37.5 Å². The molecule has 3 aromatic rings. The fourth-order valence-corrected chi connectivity index (χ4v) is 9.66. The van der Waals surface area contributed by atoms with E-state index in [-0.39, 0.29) is 28.7 Å². The highest BCUT2D eigenvalue weighted by molar-refractivity contribution is 7.90. The van der Waals surface area contributed by atoms with Gasteiger partial charge in [0.15, 0.2) is 0 Å². The second kappa shape index (κ2) is 12.2. The van der Waals surface area contributed by atoms with E-state index in [2.05, 4.69) is 26.7 Å². The van der Waals surface area contributed by atoms with Gasteiger partial charge in [-0.25, -0.2) is 13.1 Å². The van der Waals surface area contributed by atoms with Gasteiger partial charge in [0.05, 0.1) is 17.5 Å². The molecular weight excluding hydrogens is 634 g/mol. The van der Waals surface area contributed by atoms with Gasteiger partial charge in [0, 0.05) is 53.0 Å². The van der Waals surface area contributed by atoms with Crippen LogP contribution in [0.3, 0.4) is 0 Å². The van der Waals surface area contributed by atoms with Crippen molar-refractivity contribution in [3.8, 4) is 5.75 Å². The number of rotatable bonds is 1. The van der Waals surface area contributed by atoms with Gasteiger partial charge in [-0.05, 0) is 105 Å². The molecule has 0 saturated heterocycles. The highest BCUT2D eigenvalue weighted by Crippen LogP contribution is 2.50. The first-order valence-electron chi connectivity index (χ1n) is 16.7. The van der Waals surface area contributed by atoms with Crippen molar-refractivity contribution in [1.29, 1.82) is 0 Å². The van der Waals surface area contributed by atoms with E-state index in [1.165, 1.54) is 11.1 Å². The van der Waals surface area contributed by atoms with E-state index < -0.39 is 26.8 Å².